The summed E-state index contributed by atoms with van der Waals surface area (Å²) in [5, 5.41) is 0. The van der Waals surface area contributed by atoms with Crippen molar-refractivity contribution in [1.82, 2.24) is 0 Å². The molecule has 66 valence electrons. The molecule has 3 nitrogen and oxygen atoms in total. The average Bonchev–Trinajstić information content (AvgIpc) is 1.83. The number of rotatable bonds is 4. The molecule has 1 atom stereocenters. The van der Waals surface area contributed by atoms with Crippen molar-refractivity contribution in [1.29, 1.82) is 0 Å². The lowest BCUT2D eigenvalue weighted by Crippen LogP contribution is -2.42. The first kappa shape index (κ1) is 9.16. The Kier molecular flexibility index (Phi) is 3.48. The van der Waals surface area contributed by atoms with Gasteiger partial charge < -0.3 is 10.5 Å². The fraction of sp³-hybridized carbons (Fsp3) is 1.00. The van der Waals surface area contributed by atoms with E-state index in [1.165, 1.54) is 0 Å². The van der Waals surface area contributed by atoms with Crippen LogP contribution in [0.25, 0.3) is 0 Å². The maximum atomic E-state index is 10.6. The van der Waals surface area contributed by atoms with Gasteiger partial charge in [0, 0.05) is 28.9 Å². The normalized spacial score (nSPS) is 32.9. The van der Waals surface area contributed by atoms with E-state index in [-0.39, 0.29) is 0 Å². The molecule has 1 aliphatic carbocycles. The number of hydrogen-bond donors (Lipinski definition) is 1. The van der Waals surface area contributed by atoms with Crippen LogP contribution in [0.3, 0.4) is 0 Å². The summed E-state index contributed by atoms with van der Waals surface area (Å²) in [5.74, 6) is 0.645. The highest BCUT2D eigenvalue weighted by atomic mass is 32.2. The zero-order chi connectivity index (χ0) is 8.27. The van der Waals surface area contributed by atoms with Crippen molar-refractivity contribution in [2.45, 2.75) is 25.0 Å². The van der Waals surface area contributed by atoms with Crippen LogP contribution in [0.1, 0.15) is 12.8 Å². The summed E-state index contributed by atoms with van der Waals surface area (Å²) in [7, 11) is -0.725. The zero-order valence-electron chi connectivity index (χ0n) is 6.79. The van der Waals surface area contributed by atoms with Crippen molar-refractivity contribution in [2.75, 3.05) is 18.6 Å². The quantitative estimate of drug-likeness (QED) is 0.651. The maximum absolute atomic E-state index is 10.6. The number of hydrogen-bond acceptors (Lipinski definition) is 3. The van der Waals surface area contributed by atoms with Gasteiger partial charge in [-0.3, -0.25) is 4.21 Å². The molecule has 0 radical (unpaired) electrons. The standard InChI is InChI=1S/C7H15NO2S/c1-11(9)3-2-10-7-4-6(8)5-7/h6-7H,2-5,8H2,1H3. The molecule has 0 heterocycles. The molecule has 1 unspecified atom stereocenters. The molecular formula is C7H15NO2S. The molecular weight excluding hydrogens is 162 g/mol. The average molecular weight is 177 g/mol. The third-order valence-electron chi connectivity index (χ3n) is 1.86. The lowest BCUT2D eigenvalue weighted by Gasteiger charge is -2.32. The summed E-state index contributed by atoms with van der Waals surface area (Å²) in [6.45, 7) is 0.612. The Labute approximate surface area is 69.8 Å². The van der Waals surface area contributed by atoms with Gasteiger partial charge in [-0.1, -0.05) is 0 Å². The monoisotopic (exact) mass is 177 g/mol. The Balaban J connectivity index is 1.92. The third-order valence-corrected chi connectivity index (χ3v) is 2.60. The first-order valence-corrected chi connectivity index (χ1v) is 5.58. The lowest BCUT2D eigenvalue weighted by molar-refractivity contribution is -0.0000186. The fourth-order valence-corrected chi connectivity index (χ4v) is 1.41. The van der Waals surface area contributed by atoms with Gasteiger partial charge in [0.2, 0.25) is 0 Å². The second-order valence-electron chi connectivity index (χ2n) is 3.00. The predicted octanol–water partition coefficient (Wildman–Crippen LogP) is -0.129. The molecule has 0 amide bonds. The molecule has 1 saturated carbocycles. The second-order valence-corrected chi connectivity index (χ2v) is 4.56. The third kappa shape index (κ3) is 3.31. The van der Waals surface area contributed by atoms with Crippen molar-refractivity contribution in [3.63, 3.8) is 0 Å². The van der Waals surface area contributed by atoms with Gasteiger partial charge in [0.25, 0.3) is 0 Å². The minimum Gasteiger partial charge on any atom is -0.377 e. The molecule has 1 rings (SSSR count). The van der Waals surface area contributed by atoms with Crippen molar-refractivity contribution in [2.24, 2.45) is 5.73 Å². The van der Waals surface area contributed by atoms with Gasteiger partial charge in [-0.25, -0.2) is 0 Å². The van der Waals surface area contributed by atoms with Crippen molar-refractivity contribution < 1.29 is 8.95 Å². The largest absolute Gasteiger partial charge is 0.377 e. The summed E-state index contributed by atoms with van der Waals surface area (Å²) in [4.78, 5) is 0. The summed E-state index contributed by atoms with van der Waals surface area (Å²) in [5.41, 5.74) is 5.56. The highest BCUT2D eigenvalue weighted by Gasteiger charge is 2.26. The molecule has 4 heteroatoms. The Hall–Kier alpha value is 0.0700. The zero-order valence-corrected chi connectivity index (χ0v) is 7.60. The van der Waals surface area contributed by atoms with Gasteiger partial charge in [0.05, 0.1) is 12.7 Å². The van der Waals surface area contributed by atoms with Crippen molar-refractivity contribution in [3.8, 4) is 0 Å². The van der Waals surface area contributed by atoms with E-state index in [9.17, 15) is 4.21 Å². The maximum Gasteiger partial charge on any atom is 0.0605 e. The molecule has 0 bridgehead atoms. The first-order valence-electron chi connectivity index (χ1n) is 3.85. The smallest absolute Gasteiger partial charge is 0.0605 e. The minimum atomic E-state index is -0.725. The van der Waals surface area contributed by atoms with E-state index in [2.05, 4.69) is 0 Å². The van der Waals surface area contributed by atoms with Crippen LogP contribution >= 0.6 is 0 Å². The molecule has 0 aliphatic heterocycles. The van der Waals surface area contributed by atoms with E-state index < -0.39 is 10.8 Å². The molecule has 0 aromatic rings. The summed E-state index contributed by atoms with van der Waals surface area (Å²) < 4.78 is 16.0. The Morgan fingerprint density at radius 2 is 2.27 bits per heavy atom. The van der Waals surface area contributed by atoms with E-state index in [4.69, 9.17) is 10.5 Å². The summed E-state index contributed by atoms with van der Waals surface area (Å²) in [6, 6.07) is 0.340. The lowest BCUT2D eigenvalue weighted by atomic mass is 9.90. The number of ether oxygens (including phenoxy) is 1. The Morgan fingerprint density at radius 3 is 2.73 bits per heavy atom. The Bertz CT molecular complexity index is 145. The van der Waals surface area contributed by atoms with Crippen molar-refractivity contribution >= 4 is 10.8 Å². The van der Waals surface area contributed by atoms with Crippen molar-refractivity contribution in [3.05, 3.63) is 0 Å². The van der Waals surface area contributed by atoms with E-state index in [1.54, 1.807) is 6.26 Å². The Morgan fingerprint density at radius 1 is 1.64 bits per heavy atom. The highest BCUT2D eigenvalue weighted by molar-refractivity contribution is 7.84. The van der Waals surface area contributed by atoms with Crippen LogP contribution in [0.5, 0.6) is 0 Å². The molecule has 0 saturated heterocycles. The molecule has 1 fully saturated rings. The van der Waals surface area contributed by atoms with Crippen LogP contribution in [-0.2, 0) is 15.5 Å². The van der Waals surface area contributed by atoms with E-state index >= 15 is 0 Å². The van der Waals surface area contributed by atoms with Gasteiger partial charge in [-0.15, -0.1) is 0 Å². The summed E-state index contributed by atoms with van der Waals surface area (Å²) in [6.07, 6.45) is 3.97. The SMILES string of the molecule is CS(=O)CCOC1CC(N)C1. The van der Waals surface area contributed by atoms with Crippen LogP contribution < -0.4 is 5.73 Å². The van der Waals surface area contributed by atoms with E-state index in [0.717, 1.165) is 12.8 Å². The van der Waals surface area contributed by atoms with Crippen LogP contribution in [0.15, 0.2) is 0 Å². The fourth-order valence-electron chi connectivity index (χ4n) is 1.07. The van der Waals surface area contributed by atoms with Gasteiger partial charge in [-0.05, 0) is 12.8 Å². The molecule has 0 spiro atoms. The van der Waals surface area contributed by atoms with Gasteiger partial charge in [0.15, 0.2) is 0 Å². The molecule has 0 aromatic carbocycles. The van der Waals surface area contributed by atoms with Gasteiger partial charge in [-0.2, -0.15) is 0 Å². The summed E-state index contributed by atoms with van der Waals surface area (Å²) >= 11 is 0. The van der Waals surface area contributed by atoms with Gasteiger partial charge in [0.1, 0.15) is 0 Å². The molecule has 11 heavy (non-hydrogen) atoms. The number of nitrogens with two attached hydrogens (primary N) is 1. The molecule has 0 aromatic heterocycles. The van der Waals surface area contributed by atoms with Crippen LogP contribution in [0.4, 0.5) is 0 Å². The molecule has 1 aliphatic rings. The first-order chi connectivity index (χ1) is 5.18. The topological polar surface area (TPSA) is 52.3 Å². The molecule has 2 N–H and O–H groups in total. The van der Waals surface area contributed by atoms with Crippen LogP contribution in [-0.4, -0.2) is 35.0 Å². The van der Waals surface area contributed by atoms with E-state index in [1.807, 2.05) is 0 Å². The minimum absolute atomic E-state index is 0.340. The highest BCUT2D eigenvalue weighted by Crippen LogP contribution is 2.20. The van der Waals surface area contributed by atoms with Gasteiger partial charge >= 0.3 is 0 Å². The predicted molar refractivity (Wildman–Crippen MR) is 45.9 cm³/mol. The van der Waals surface area contributed by atoms with Crippen LogP contribution in [0, 0.1) is 0 Å². The second kappa shape index (κ2) is 4.18. The van der Waals surface area contributed by atoms with E-state index in [0.29, 0.717) is 24.5 Å². The van der Waals surface area contributed by atoms with Crippen LogP contribution in [0.2, 0.25) is 0 Å².